The van der Waals surface area contributed by atoms with Gasteiger partial charge in [0.2, 0.25) is 5.76 Å². The summed E-state index contributed by atoms with van der Waals surface area (Å²) >= 11 is 6.38. The van der Waals surface area contributed by atoms with E-state index in [1.807, 2.05) is 49.4 Å². The lowest BCUT2D eigenvalue weighted by atomic mass is 9.98. The van der Waals surface area contributed by atoms with E-state index in [0.29, 0.717) is 22.9 Å². The molecule has 0 saturated heterocycles. The summed E-state index contributed by atoms with van der Waals surface area (Å²) in [5.74, 6) is -0.312. The van der Waals surface area contributed by atoms with Gasteiger partial charge in [-0.05, 0) is 53.9 Å². The summed E-state index contributed by atoms with van der Waals surface area (Å²) in [6.07, 6.45) is 0.878. The Morgan fingerprint density at radius 1 is 1.06 bits per heavy atom. The molecule has 0 aliphatic carbocycles. The third kappa shape index (κ3) is 3.84. The summed E-state index contributed by atoms with van der Waals surface area (Å²) in [6, 6.07) is 17.5. The molecule has 1 aliphatic rings. The van der Waals surface area contributed by atoms with Gasteiger partial charge in [-0.3, -0.25) is 9.59 Å². The number of halogens is 2. The topological polar surface area (TPSA) is 59.8 Å². The van der Waals surface area contributed by atoms with Crippen molar-refractivity contribution in [2.24, 2.45) is 0 Å². The highest BCUT2D eigenvalue weighted by Crippen LogP contribution is 2.40. The first-order valence-electron chi connectivity index (χ1n) is 11.0. The van der Waals surface area contributed by atoms with Gasteiger partial charge in [-0.25, -0.2) is 4.39 Å². The van der Waals surface area contributed by atoms with Crippen molar-refractivity contribution < 1.29 is 18.3 Å². The molecular formula is C27H21ClFNO4. The molecule has 0 radical (unpaired) electrons. The van der Waals surface area contributed by atoms with Gasteiger partial charge in [0.05, 0.1) is 23.6 Å². The number of amides is 1. The molecule has 0 spiro atoms. The number of benzene rings is 3. The highest BCUT2D eigenvalue weighted by Gasteiger charge is 2.43. The predicted octanol–water partition coefficient (Wildman–Crippen LogP) is 6.12. The standard InChI is InChI=1S/C27H21ClFNO4/c1-2-13-33-19-10-7-16(8-11-19)24-23-25(31)20-14-18(29)9-12-22(20)34-26(23)27(32)30(24)15-17-5-3-4-6-21(17)28/h3-12,14,24H,2,13,15H2,1H3. The Morgan fingerprint density at radius 2 is 1.82 bits per heavy atom. The Morgan fingerprint density at radius 3 is 2.56 bits per heavy atom. The molecular weight excluding hydrogens is 457 g/mol. The van der Waals surface area contributed by atoms with Gasteiger partial charge < -0.3 is 14.1 Å². The Kier molecular flexibility index (Phi) is 5.84. The summed E-state index contributed by atoms with van der Waals surface area (Å²) in [5.41, 5.74) is 1.38. The zero-order valence-electron chi connectivity index (χ0n) is 18.4. The third-order valence-electron chi connectivity index (χ3n) is 5.89. The van der Waals surface area contributed by atoms with Gasteiger partial charge in [-0.1, -0.05) is 48.9 Å². The number of carbonyl (C=O) groups excluding carboxylic acids is 1. The molecule has 1 atom stereocenters. The van der Waals surface area contributed by atoms with Crippen LogP contribution in [0.2, 0.25) is 5.02 Å². The maximum atomic E-state index is 13.9. The van der Waals surface area contributed by atoms with Crippen molar-refractivity contribution in [2.45, 2.75) is 25.9 Å². The Labute approximate surface area is 200 Å². The molecule has 0 N–H and O–H groups in total. The van der Waals surface area contributed by atoms with Crippen LogP contribution in [-0.2, 0) is 6.54 Å². The van der Waals surface area contributed by atoms with Gasteiger partial charge >= 0.3 is 0 Å². The van der Waals surface area contributed by atoms with Crippen LogP contribution in [0.5, 0.6) is 5.75 Å². The van der Waals surface area contributed by atoms with E-state index >= 15 is 0 Å². The first kappa shape index (κ1) is 22.2. The highest BCUT2D eigenvalue weighted by molar-refractivity contribution is 6.31. The molecule has 0 bridgehead atoms. The number of fused-ring (bicyclic) bond motifs is 2. The normalized spacial score (nSPS) is 15.1. The van der Waals surface area contributed by atoms with Crippen LogP contribution in [0.3, 0.4) is 0 Å². The number of rotatable bonds is 6. The number of carbonyl (C=O) groups is 1. The molecule has 0 saturated carbocycles. The zero-order valence-corrected chi connectivity index (χ0v) is 19.1. The van der Waals surface area contributed by atoms with E-state index in [1.165, 1.54) is 12.1 Å². The number of nitrogens with zero attached hydrogens (tertiary/aromatic N) is 1. The van der Waals surface area contributed by atoms with Gasteiger partial charge in [0.1, 0.15) is 17.1 Å². The van der Waals surface area contributed by atoms with Crippen LogP contribution < -0.4 is 10.2 Å². The maximum absolute atomic E-state index is 13.9. The third-order valence-corrected chi connectivity index (χ3v) is 6.26. The maximum Gasteiger partial charge on any atom is 0.291 e. The van der Waals surface area contributed by atoms with Crippen LogP contribution in [0.4, 0.5) is 4.39 Å². The molecule has 34 heavy (non-hydrogen) atoms. The van der Waals surface area contributed by atoms with E-state index in [9.17, 15) is 14.0 Å². The average Bonchev–Trinajstić information content (AvgIpc) is 3.12. The van der Waals surface area contributed by atoms with Crippen LogP contribution in [0.1, 0.15) is 46.6 Å². The van der Waals surface area contributed by atoms with Crippen molar-refractivity contribution in [2.75, 3.05) is 6.61 Å². The van der Waals surface area contributed by atoms with E-state index in [2.05, 4.69) is 0 Å². The first-order valence-corrected chi connectivity index (χ1v) is 11.4. The molecule has 172 valence electrons. The second-order valence-corrected chi connectivity index (χ2v) is 8.57. The minimum absolute atomic E-state index is 0.0347. The average molecular weight is 478 g/mol. The van der Waals surface area contributed by atoms with Gasteiger partial charge in [0.25, 0.3) is 5.91 Å². The fraction of sp³-hybridized carbons (Fsp3) is 0.185. The first-order chi connectivity index (χ1) is 16.5. The molecule has 4 aromatic rings. The second-order valence-electron chi connectivity index (χ2n) is 8.16. The van der Waals surface area contributed by atoms with Crippen LogP contribution >= 0.6 is 11.6 Å². The summed E-state index contributed by atoms with van der Waals surface area (Å²) in [5, 5.41) is 0.610. The van der Waals surface area contributed by atoms with Crippen LogP contribution in [0.25, 0.3) is 11.0 Å². The van der Waals surface area contributed by atoms with Crippen molar-refractivity contribution in [3.63, 3.8) is 0 Å². The molecule has 0 fully saturated rings. The minimum atomic E-state index is -0.720. The number of hydrogen-bond acceptors (Lipinski definition) is 4. The number of ether oxygens (including phenoxy) is 1. The second kappa shape index (κ2) is 8.95. The van der Waals surface area contributed by atoms with Gasteiger partial charge in [0, 0.05) is 11.6 Å². The van der Waals surface area contributed by atoms with Crippen LogP contribution in [-0.4, -0.2) is 17.4 Å². The lowest BCUT2D eigenvalue weighted by Crippen LogP contribution is -2.29. The monoisotopic (exact) mass is 477 g/mol. The molecule has 3 aromatic carbocycles. The van der Waals surface area contributed by atoms with Crippen molar-refractivity contribution in [3.05, 3.63) is 110 Å². The molecule has 1 aliphatic heterocycles. The lowest BCUT2D eigenvalue weighted by molar-refractivity contribution is 0.0714. The van der Waals surface area contributed by atoms with Gasteiger partial charge in [0.15, 0.2) is 5.43 Å². The van der Waals surface area contributed by atoms with E-state index in [1.54, 1.807) is 11.0 Å². The highest BCUT2D eigenvalue weighted by atomic mass is 35.5. The molecule has 5 nitrogen and oxygen atoms in total. The summed E-state index contributed by atoms with van der Waals surface area (Å²) < 4.78 is 25.5. The van der Waals surface area contributed by atoms with Gasteiger partial charge in [-0.2, -0.15) is 0 Å². The van der Waals surface area contributed by atoms with Crippen LogP contribution in [0.15, 0.2) is 75.9 Å². The van der Waals surface area contributed by atoms with Crippen molar-refractivity contribution in [3.8, 4) is 5.75 Å². The predicted molar refractivity (Wildman–Crippen MR) is 128 cm³/mol. The Bertz CT molecular complexity index is 1450. The van der Waals surface area contributed by atoms with E-state index in [0.717, 1.165) is 18.1 Å². The Balaban J connectivity index is 1.67. The molecule has 1 aromatic heterocycles. The fourth-order valence-electron chi connectivity index (χ4n) is 4.28. The zero-order chi connectivity index (χ0) is 23.8. The van der Waals surface area contributed by atoms with Crippen molar-refractivity contribution in [1.82, 2.24) is 4.90 Å². The summed E-state index contributed by atoms with van der Waals surface area (Å²) in [6.45, 7) is 2.78. The largest absolute Gasteiger partial charge is 0.494 e. The van der Waals surface area contributed by atoms with Crippen molar-refractivity contribution >= 4 is 28.5 Å². The molecule has 1 amide bonds. The molecule has 1 unspecified atom stereocenters. The minimum Gasteiger partial charge on any atom is -0.494 e. The lowest BCUT2D eigenvalue weighted by Gasteiger charge is -2.25. The number of hydrogen-bond donors (Lipinski definition) is 0. The fourth-order valence-corrected chi connectivity index (χ4v) is 4.47. The molecule has 7 heteroatoms. The summed E-state index contributed by atoms with van der Waals surface area (Å²) in [4.78, 5) is 28.6. The summed E-state index contributed by atoms with van der Waals surface area (Å²) in [7, 11) is 0. The quantitative estimate of drug-likeness (QED) is 0.335. The smallest absolute Gasteiger partial charge is 0.291 e. The Hall–Kier alpha value is -3.64. The van der Waals surface area contributed by atoms with E-state index in [-0.39, 0.29) is 28.8 Å². The molecule has 5 rings (SSSR count). The van der Waals surface area contributed by atoms with E-state index in [4.69, 9.17) is 20.8 Å². The molecule has 2 heterocycles. The van der Waals surface area contributed by atoms with Crippen LogP contribution in [0, 0.1) is 5.82 Å². The SMILES string of the molecule is CCCOc1ccc(C2c3c(oc4ccc(F)cc4c3=O)C(=O)N2Cc2ccccc2Cl)cc1. The van der Waals surface area contributed by atoms with Gasteiger partial charge in [-0.15, -0.1) is 0 Å². The van der Waals surface area contributed by atoms with Crippen molar-refractivity contribution in [1.29, 1.82) is 0 Å². The van der Waals surface area contributed by atoms with E-state index < -0.39 is 23.2 Å².